The smallest absolute Gasteiger partial charge is 0.0352 e. The van der Waals surface area contributed by atoms with Crippen LogP contribution >= 0.6 is 47.0 Å². The number of hydrogen-bond acceptors (Lipinski definition) is 4. The molecule has 2 aliphatic carbocycles. The van der Waals surface area contributed by atoms with Crippen LogP contribution in [0.4, 0.5) is 0 Å². The van der Waals surface area contributed by atoms with Crippen LogP contribution in [0.3, 0.4) is 0 Å². The molecule has 0 spiro atoms. The number of allylic oxidation sites excluding steroid dienone is 2. The predicted molar refractivity (Wildman–Crippen MR) is 220 cm³/mol. The third kappa shape index (κ3) is 7.84. The van der Waals surface area contributed by atoms with E-state index >= 15 is 0 Å². The molecule has 0 aliphatic heterocycles. The number of rotatable bonds is 9. The van der Waals surface area contributed by atoms with E-state index < -0.39 is 0 Å². The summed E-state index contributed by atoms with van der Waals surface area (Å²) in [5, 5.41) is 0. The van der Waals surface area contributed by atoms with Gasteiger partial charge in [0.25, 0.3) is 0 Å². The molecule has 0 saturated heterocycles. The second-order valence-corrected chi connectivity index (χ2v) is 17.1. The van der Waals surface area contributed by atoms with Gasteiger partial charge in [-0.1, -0.05) is 101 Å². The molecule has 5 aromatic rings. The standard InChI is InChI=1S/C45H44S4/c1-30-13-21-38(22-14-30)48-40-11-7-5-9-34-29-35-10-6-8-12-41(49-39-23-15-31(2)16-24-39)44(35)45(43(34)40)42(32-17-25-36(46-3)26-18-32)33-19-27-37(47-4)28-20-33/h11-29,42H,5-10H2,1-4H3. The molecule has 0 unspecified atom stereocenters. The Hall–Kier alpha value is -3.02. The van der Waals surface area contributed by atoms with E-state index in [9.17, 15) is 0 Å². The topological polar surface area (TPSA) is 0 Å². The average molecular weight is 713 g/mol. The number of fused-ring (bicyclic) bond motifs is 2. The molecular formula is C45H44S4. The van der Waals surface area contributed by atoms with Gasteiger partial charge in [-0.25, -0.2) is 0 Å². The summed E-state index contributed by atoms with van der Waals surface area (Å²) >= 11 is 7.54. The summed E-state index contributed by atoms with van der Waals surface area (Å²) in [6.07, 6.45) is 16.2. The first-order chi connectivity index (χ1) is 24.0. The van der Waals surface area contributed by atoms with Crippen LogP contribution in [0.2, 0.25) is 0 Å². The van der Waals surface area contributed by atoms with Crippen molar-refractivity contribution < 1.29 is 0 Å². The lowest BCUT2D eigenvalue weighted by Gasteiger charge is -2.30. The lowest BCUT2D eigenvalue weighted by atomic mass is 9.77. The first kappa shape index (κ1) is 34.4. The molecule has 49 heavy (non-hydrogen) atoms. The van der Waals surface area contributed by atoms with Gasteiger partial charge in [0.15, 0.2) is 0 Å². The monoisotopic (exact) mass is 712 g/mol. The Morgan fingerprint density at radius 2 is 0.878 bits per heavy atom. The Labute approximate surface area is 310 Å². The van der Waals surface area contributed by atoms with E-state index in [1.165, 1.54) is 92.3 Å². The van der Waals surface area contributed by atoms with E-state index in [0.717, 1.165) is 25.7 Å². The molecule has 248 valence electrons. The first-order valence-corrected chi connectivity index (χ1v) is 21.5. The number of aryl methyl sites for hydroxylation is 4. The molecule has 0 radical (unpaired) electrons. The van der Waals surface area contributed by atoms with Crippen LogP contribution in [0, 0.1) is 13.8 Å². The number of hydrogen-bond donors (Lipinski definition) is 0. The third-order valence-corrected chi connectivity index (χ3v) is 13.4. The molecule has 7 rings (SSSR count). The van der Waals surface area contributed by atoms with Crippen LogP contribution < -0.4 is 0 Å². The first-order valence-electron chi connectivity index (χ1n) is 17.4. The second-order valence-electron chi connectivity index (χ2n) is 13.1. The van der Waals surface area contributed by atoms with Crippen LogP contribution in [0.15, 0.2) is 135 Å². The third-order valence-electron chi connectivity index (χ3n) is 9.67. The van der Waals surface area contributed by atoms with Crippen LogP contribution in [-0.2, 0) is 12.8 Å². The van der Waals surface area contributed by atoms with Gasteiger partial charge >= 0.3 is 0 Å². The van der Waals surface area contributed by atoms with Gasteiger partial charge in [0.2, 0.25) is 0 Å². The van der Waals surface area contributed by atoms with Crippen molar-refractivity contribution >= 4 is 56.9 Å². The van der Waals surface area contributed by atoms with Crippen LogP contribution in [0.1, 0.15) is 81.7 Å². The molecule has 0 amide bonds. The Morgan fingerprint density at radius 3 is 1.27 bits per heavy atom. The molecule has 0 aromatic heterocycles. The highest BCUT2D eigenvalue weighted by Gasteiger charge is 2.32. The zero-order chi connectivity index (χ0) is 33.7. The van der Waals surface area contributed by atoms with Crippen molar-refractivity contribution in [1.29, 1.82) is 0 Å². The Kier molecular flexibility index (Phi) is 11.2. The van der Waals surface area contributed by atoms with Gasteiger partial charge in [-0.15, -0.1) is 23.5 Å². The van der Waals surface area contributed by atoms with Gasteiger partial charge in [-0.3, -0.25) is 0 Å². The molecule has 5 aromatic carbocycles. The van der Waals surface area contributed by atoms with Crippen molar-refractivity contribution in [3.63, 3.8) is 0 Å². The molecule has 0 fully saturated rings. The summed E-state index contributed by atoms with van der Waals surface area (Å²) in [5.74, 6) is 0.0933. The van der Waals surface area contributed by atoms with Crippen molar-refractivity contribution in [3.05, 3.63) is 165 Å². The van der Waals surface area contributed by atoms with Gasteiger partial charge in [0.05, 0.1) is 0 Å². The van der Waals surface area contributed by atoms with Crippen LogP contribution in [0.25, 0.3) is 9.81 Å². The average Bonchev–Trinajstić information content (AvgIpc) is 3.46. The van der Waals surface area contributed by atoms with E-state index in [1.54, 1.807) is 0 Å². The maximum atomic E-state index is 2.61. The van der Waals surface area contributed by atoms with E-state index in [4.69, 9.17) is 0 Å². The fourth-order valence-corrected chi connectivity index (χ4v) is 10.1. The highest BCUT2D eigenvalue weighted by atomic mass is 32.2. The predicted octanol–water partition coefficient (Wildman–Crippen LogP) is 13.9. The molecule has 4 heteroatoms. The highest BCUT2D eigenvalue weighted by Crippen LogP contribution is 2.52. The molecule has 0 saturated carbocycles. The molecule has 2 aliphatic rings. The fraction of sp³-hybridized carbons (Fsp3) is 0.244. The van der Waals surface area contributed by atoms with Crippen molar-refractivity contribution in [1.82, 2.24) is 0 Å². The van der Waals surface area contributed by atoms with E-state index in [2.05, 4.69) is 142 Å². The van der Waals surface area contributed by atoms with E-state index in [1.807, 2.05) is 47.0 Å². The number of thioether (sulfide) groups is 4. The maximum Gasteiger partial charge on any atom is 0.0352 e. The summed E-state index contributed by atoms with van der Waals surface area (Å²) in [6.45, 7) is 4.35. The normalized spacial score (nSPS) is 14.4. The Bertz CT molecular complexity index is 1820. The zero-order valence-electron chi connectivity index (χ0n) is 28.9. The lowest BCUT2D eigenvalue weighted by Crippen LogP contribution is -2.13. The minimum absolute atomic E-state index is 0.0933. The largest absolute Gasteiger partial charge is 0.130 e. The van der Waals surface area contributed by atoms with Crippen molar-refractivity contribution in [2.45, 2.75) is 77.9 Å². The summed E-state index contributed by atoms with van der Waals surface area (Å²) in [5.41, 5.74) is 12.8. The van der Waals surface area contributed by atoms with Crippen LogP contribution in [-0.4, -0.2) is 12.5 Å². The Morgan fingerprint density at radius 1 is 0.490 bits per heavy atom. The van der Waals surface area contributed by atoms with Gasteiger partial charge < -0.3 is 0 Å². The van der Waals surface area contributed by atoms with Crippen molar-refractivity contribution in [3.8, 4) is 0 Å². The van der Waals surface area contributed by atoms with Gasteiger partial charge in [0.1, 0.15) is 0 Å². The Balaban J connectivity index is 1.53. The fourth-order valence-electron chi connectivity index (χ4n) is 7.12. The van der Waals surface area contributed by atoms with Gasteiger partial charge in [-0.2, -0.15) is 0 Å². The van der Waals surface area contributed by atoms with Crippen molar-refractivity contribution in [2.75, 3.05) is 12.5 Å². The van der Waals surface area contributed by atoms with Gasteiger partial charge in [-0.05, 0) is 152 Å². The number of benzene rings is 5. The van der Waals surface area contributed by atoms with Crippen LogP contribution in [0.5, 0.6) is 0 Å². The SMILES string of the molecule is CSc1ccc(C(c2ccc(SC)cc2)c2c3c(cc4c2C(Sc2ccc(C)cc2)=CCCC4)CCCC=C3Sc2ccc(C)cc2)cc1. The van der Waals surface area contributed by atoms with E-state index in [-0.39, 0.29) is 5.92 Å². The van der Waals surface area contributed by atoms with Gasteiger partial charge in [0, 0.05) is 35.3 Å². The zero-order valence-corrected chi connectivity index (χ0v) is 32.2. The van der Waals surface area contributed by atoms with Crippen molar-refractivity contribution in [2.24, 2.45) is 0 Å². The quantitative estimate of drug-likeness (QED) is 0.110. The highest BCUT2D eigenvalue weighted by molar-refractivity contribution is 8.08. The summed E-state index contributed by atoms with van der Waals surface area (Å²) in [4.78, 5) is 8.03. The summed E-state index contributed by atoms with van der Waals surface area (Å²) in [6, 6.07) is 39.7. The summed E-state index contributed by atoms with van der Waals surface area (Å²) in [7, 11) is 0. The molecular weight excluding hydrogens is 669 g/mol. The molecule has 0 N–H and O–H groups in total. The maximum absolute atomic E-state index is 2.61. The summed E-state index contributed by atoms with van der Waals surface area (Å²) < 4.78 is 0. The molecule has 0 nitrogen and oxygen atoms in total. The molecule has 0 atom stereocenters. The second kappa shape index (κ2) is 15.9. The van der Waals surface area contributed by atoms with E-state index in [0.29, 0.717) is 0 Å². The minimum Gasteiger partial charge on any atom is -0.130 e. The lowest BCUT2D eigenvalue weighted by molar-refractivity contribution is 0.826. The minimum atomic E-state index is 0.0933. The molecule has 0 heterocycles. The molecule has 0 bridgehead atoms.